The first kappa shape index (κ1) is 12.1. The van der Waals surface area contributed by atoms with Crippen LogP contribution < -0.4 is 5.32 Å². The number of aromatic nitrogens is 4. The van der Waals surface area contributed by atoms with Gasteiger partial charge in [0.1, 0.15) is 12.1 Å². The Morgan fingerprint density at radius 3 is 3.25 bits per heavy atom. The number of hydrogen-bond donors (Lipinski definition) is 1. The molecule has 0 spiro atoms. The minimum Gasteiger partial charge on any atom is -0.378 e. The van der Waals surface area contributed by atoms with Crippen LogP contribution in [0.2, 0.25) is 0 Å². The van der Waals surface area contributed by atoms with E-state index in [2.05, 4.69) is 20.4 Å². The van der Waals surface area contributed by atoms with Gasteiger partial charge in [0.2, 0.25) is 0 Å². The molecule has 3 unspecified atom stereocenters. The molecule has 1 N–H and O–H groups in total. The van der Waals surface area contributed by atoms with Gasteiger partial charge in [-0.15, -0.1) is 0 Å². The molecule has 2 aliphatic rings. The van der Waals surface area contributed by atoms with E-state index in [0.29, 0.717) is 23.8 Å². The summed E-state index contributed by atoms with van der Waals surface area (Å²) in [5.74, 6) is 2.26. The molecule has 3 atom stereocenters. The fourth-order valence-corrected chi connectivity index (χ4v) is 3.58. The second kappa shape index (κ2) is 4.70. The maximum atomic E-state index is 5.83. The number of rotatable bonds is 2. The Kier molecular flexibility index (Phi) is 2.84. The summed E-state index contributed by atoms with van der Waals surface area (Å²) in [7, 11) is 0. The lowest BCUT2D eigenvalue weighted by Crippen LogP contribution is -2.38. The van der Waals surface area contributed by atoms with Crippen LogP contribution in [0.3, 0.4) is 0 Å². The molecule has 0 radical (unpaired) electrons. The largest absolute Gasteiger partial charge is 0.378 e. The predicted octanol–water partition coefficient (Wildman–Crippen LogP) is 1.80. The van der Waals surface area contributed by atoms with Crippen LogP contribution in [-0.4, -0.2) is 38.3 Å². The first-order chi connectivity index (χ1) is 9.81. The van der Waals surface area contributed by atoms with Crippen LogP contribution in [0.1, 0.15) is 31.4 Å². The monoisotopic (exact) mass is 273 g/mol. The van der Waals surface area contributed by atoms with Gasteiger partial charge in [-0.2, -0.15) is 14.6 Å². The summed E-state index contributed by atoms with van der Waals surface area (Å²) in [5, 5.41) is 7.92. The average Bonchev–Trinajstić information content (AvgIpc) is 3.06. The van der Waals surface area contributed by atoms with E-state index in [-0.39, 0.29) is 0 Å². The second-order valence-corrected chi connectivity index (χ2v) is 5.80. The molecule has 0 bridgehead atoms. The molecule has 2 fully saturated rings. The molecule has 4 rings (SSSR count). The fourth-order valence-electron chi connectivity index (χ4n) is 3.58. The van der Waals surface area contributed by atoms with Crippen molar-refractivity contribution in [3.05, 3.63) is 18.1 Å². The van der Waals surface area contributed by atoms with E-state index in [4.69, 9.17) is 4.74 Å². The average molecular weight is 273 g/mol. The molecule has 6 heteroatoms. The van der Waals surface area contributed by atoms with E-state index in [9.17, 15) is 0 Å². The van der Waals surface area contributed by atoms with Gasteiger partial charge in [0.25, 0.3) is 5.78 Å². The van der Waals surface area contributed by atoms with Gasteiger partial charge in [0, 0.05) is 30.3 Å². The number of nitrogens with one attached hydrogen (secondary N) is 1. The van der Waals surface area contributed by atoms with Crippen molar-refractivity contribution in [3.8, 4) is 0 Å². The van der Waals surface area contributed by atoms with Gasteiger partial charge in [0.15, 0.2) is 0 Å². The minimum atomic E-state index is 0.440. The van der Waals surface area contributed by atoms with E-state index in [1.165, 1.54) is 19.3 Å². The predicted molar refractivity (Wildman–Crippen MR) is 74.6 cm³/mol. The molecule has 0 amide bonds. The van der Waals surface area contributed by atoms with Crippen molar-refractivity contribution in [2.24, 2.45) is 5.92 Å². The molecular formula is C14H19N5O. The lowest BCUT2D eigenvalue weighted by Gasteiger charge is -2.33. The molecule has 106 valence electrons. The molecule has 6 nitrogen and oxygen atoms in total. The van der Waals surface area contributed by atoms with Crippen molar-refractivity contribution in [2.75, 3.05) is 11.9 Å². The summed E-state index contributed by atoms with van der Waals surface area (Å²) in [5.41, 5.74) is 0.961. The first-order valence-electron chi connectivity index (χ1n) is 7.37. The molecule has 3 heterocycles. The number of nitrogens with zero attached hydrogens (tertiary/aromatic N) is 4. The standard InChI is InChI=1S/C14H19N5O/c1-9-7-13(19-14(17-9)15-8-16-19)18-11-3-2-4-12-10(11)5-6-20-12/h7-8,10-12,18H,2-6H2,1H3. The molecular weight excluding hydrogens is 254 g/mol. The Morgan fingerprint density at radius 2 is 2.30 bits per heavy atom. The molecule has 1 saturated carbocycles. The first-order valence-corrected chi connectivity index (χ1v) is 7.37. The summed E-state index contributed by atoms with van der Waals surface area (Å²) in [6, 6.07) is 2.51. The summed E-state index contributed by atoms with van der Waals surface area (Å²) in [4.78, 5) is 8.56. The van der Waals surface area contributed by atoms with Crippen LogP contribution in [0.5, 0.6) is 0 Å². The smallest absolute Gasteiger partial charge is 0.254 e. The third-order valence-electron chi connectivity index (χ3n) is 4.49. The molecule has 0 aromatic carbocycles. The molecule has 2 aromatic rings. The van der Waals surface area contributed by atoms with E-state index in [0.717, 1.165) is 24.5 Å². The van der Waals surface area contributed by atoms with Crippen molar-refractivity contribution >= 4 is 11.6 Å². The Labute approximate surface area is 117 Å². The third kappa shape index (κ3) is 1.95. The Hall–Kier alpha value is -1.69. The molecule has 1 saturated heterocycles. The fraction of sp³-hybridized carbons (Fsp3) is 0.643. The van der Waals surface area contributed by atoms with E-state index >= 15 is 0 Å². The lowest BCUT2D eigenvalue weighted by atomic mass is 9.82. The second-order valence-electron chi connectivity index (χ2n) is 5.80. The van der Waals surface area contributed by atoms with Crippen molar-refractivity contribution in [2.45, 2.75) is 44.8 Å². The Bertz CT molecular complexity index is 625. The summed E-state index contributed by atoms with van der Waals surface area (Å²) in [6.07, 6.45) is 6.78. The SMILES string of the molecule is Cc1cc(NC2CCCC3OCCC23)n2ncnc2n1. The molecule has 1 aliphatic heterocycles. The highest BCUT2D eigenvalue weighted by Gasteiger charge is 2.37. The van der Waals surface area contributed by atoms with Crippen LogP contribution in [0.15, 0.2) is 12.4 Å². The topological polar surface area (TPSA) is 64.3 Å². The van der Waals surface area contributed by atoms with Crippen LogP contribution in [0, 0.1) is 12.8 Å². The zero-order chi connectivity index (χ0) is 13.5. The van der Waals surface area contributed by atoms with E-state index in [1.54, 1.807) is 10.8 Å². The Morgan fingerprint density at radius 1 is 1.35 bits per heavy atom. The van der Waals surface area contributed by atoms with Gasteiger partial charge >= 0.3 is 0 Å². The minimum absolute atomic E-state index is 0.440. The van der Waals surface area contributed by atoms with Crippen LogP contribution in [-0.2, 0) is 4.74 Å². The third-order valence-corrected chi connectivity index (χ3v) is 4.49. The van der Waals surface area contributed by atoms with Gasteiger partial charge < -0.3 is 10.1 Å². The van der Waals surface area contributed by atoms with E-state index in [1.807, 2.05) is 13.0 Å². The summed E-state index contributed by atoms with van der Waals surface area (Å²) < 4.78 is 7.62. The zero-order valence-corrected chi connectivity index (χ0v) is 11.6. The highest BCUT2D eigenvalue weighted by molar-refractivity contribution is 5.45. The number of ether oxygens (including phenoxy) is 1. The van der Waals surface area contributed by atoms with Crippen LogP contribution >= 0.6 is 0 Å². The van der Waals surface area contributed by atoms with Crippen LogP contribution in [0.4, 0.5) is 5.82 Å². The van der Waals surface area contributed by atoms with Gasteiger partial charge in [-0.05, 0) is 32.6 Å². The number of hydrogen-bond acceptors (Lipinski definition) is 5. The van der Waals surface area contributed by atoms with Gasteiger partial charge in [-0.3, -0.25) is 0 Å². The molecule has 20 heavy (non-hydrogen) atoms. The lowest BCUT2D eigenvalue weighted by molar-refractivity contribution is 0.0619. The van der Waals surface area contributed by atoms with Crippen molar-refractivity contribution in [1.82, 2.24) is 19.6 Å². The molecule has 2 aromatic heterocycles. The maximum Gasteiger partial charge on any atom is 0.254 e. The van der Waals surface area contributed by atoms with Gasteiger partial charge in [-0.25, -0.2) is 4.98 Å². The number of fused-ring (bicyclic) bond motifs is 2. The summed E-state index contributed by atoms with van der Waals surface area (Å²) >= 11 is 0. The summed E-state index contributed by atoms with van der Waals surface area (Å²) in [6.45, 7) is 2.89. The van der Waals surface area contributed by atoms with Crippen molar-refractivity contribution < 1.29 is 4.74 Å². The van der Waals surface area contributed by atoms with Crippen molar-refractivity contribution in [1.29, 1.82) is 0 Å². The highest BCUT2D eigenvalue weighted by atomic mass is 16.5. The normalized spacial score (nSPS) is 29.6. The van der Waals surface area contributed by atoms with Crippen molar-refractivity contribution in [3.63, 3.8) is 0 Å². The van der Waals surface area contributed by atoms with Gasteiger partial charge in [0.05, 0.1) is 6.10 Å². The quantitative estimate of drug-likeness (QED) is 0.904. The Balaban J connectivity index is 1.65. The zero-order valence-electron chi connectivity index (χ0n) is 11.6. The van der Waals surface area contributed by atoms with Gasteiger partial charge in [-0.1, -0.05) is 0 Å². The van der Waals surface area contributed by atoms with E-state index < -0.39 is 0 Å². The molecule has 1 aliphatic carbocycles. The maximum absolute atomic E-state index is 5.83. The number of aryl methyl sites for hydroxylation is 1. The van der Waals surface area contributed by atoms with Crippen LogP contribution in [0.25, 0.3) is 5.78 Å². The number of anilines is 1. The highest BCUT2D eigenvalue weighted by Crippen LogP contribution is 2.35.